The Morgan fingerprint density at radius 2 is 2.08 bits per heavy atom. The molecule has 1 amide bonds. The molecule has 2 N–H and O–H groups in total. The van der Waals surface area contributed by atoms with Crippen LogP contribution in [-0.2, 0) is 25.7 Å². The zero-order valence-corrected chi connectivity index (χ0v) is 21.5. The van der Waals surface area contributed by atoms with E-state index in [0.717, 1.165) is 25.9 Å². The van der Waals surface area contributed by atoms with Crippen LogP contribution in [-0.4, -0.2) is 70.5 Å². The van der Waals surface area contributed by atoms with Crippen LogP contribution in [0.25, 0.3) is 16.8 Å². The standard InChI is InChI=1S/C27H28FN7O5/c28-23-11-19(35-15-21(39-27(35)37)14-34-10-9-31-33-34)2-3-22(23)18-1-4-24(30-13-18)25-12-20(40-32-25)16-38-26(36)17-5-7-29-8-6-17/h1-4,9-13,17,20-21,29,32H,5-8,14-16H2/t20-,21-/m0/s1. The van der Waals surface area contributed by atoms with E-state index in [1.54, 1.807) is 53.6 Å². The molecular weight excluding hydrogens is 521 g/mol. The molecule has 40 heavy (non-hydrogen) atoms. The number of amides is 1. The molecule has 0 saturated carbocycles. The largest absolute Gasteiger partial charge is 0.462 e. The molecule has 6 rings (SSSR count). The fourth-order valence-corrected chi connectivity index (χ4v) is 4.94. The van der Waals surface area contributed by atoms with E-state index in [0.29, 0.717) is 34.8 Å². The molecule has 2 aromatic heterocycles. The highest BCUT2D eigenvalue weighted by molar-refractivity contribution is 5.90. The van der Waals surface area contributed by atoms with Crippen LogP contribution >= 0.6 is 0 Å². The number of esters is 1. The molecule has 2 saturated heterocycles. The Labute approximate surface area is 229 Å². The van der Waals surface area contributed by atoms with Gasteiger partial charge < -0.3 is 14.8 Å². The van der Waals surface area contributed by atoms with Gasteiger partial charge in [-0.3, -0.25) is 25.0 Å². The normalized spacial score (nSPS) is 21.2. The summed E-state index contributed by atoms with van der Waals surface area (Å²) in [4.78, 5) is 36.0. The van der Waals surface area contributed by atoms with Gasteiger partial charge in [0.2, 0.25) is 0 Å². The van der Waals surface area contributed by atoms with Gasteiger partial charge in [0.15, 0.2) is 0 Å². The highest BCUT2D eigenvalue weighted by Gasteiger charge is 2.33. The molecule has 2 fully saturated rings. The van der Waals surface area contributed by atoms with E-state index >= 15 is 4.39 Å². The highest BCUT2D eigenvalue weighted by atomic mass is 19.1. The van der Waals surface area contributed by atoms with E-state index < -0.39 is 24.1 Å². The Balaban J connectivity index is 1.07. The molecule has 12 nitrogen and oxygen atoms in total. The van der Waals surface area contributed by atoms with Gasteiger partial charge in [0.05, 0.1) is 42.3 Å². The van der Waals surface area contributed by atoms with E-state index in [-0.39, 0.29) is 25.0 Å². The number of anilines is 1. The molecule has 208 valence electrons. The van der Waals surface area contributed by atoms with E-state index in [2.05, 4.69) is 26.1 Å². The zero-order valence-electron chi connectivity index (χ0n) is 21.5. The molecule has 0 spiro atoms. The molecule has 2 atom stereocenters. The minimum atomic E-state index is -0.540. The smallest absolute Gasteiger partial charge is 0.414 e. The maximum Gasteiger partial charge on any atom is 0.414 e. The summed E-state index contributed by atoms with van der Waals surface area (Å²) >= 11 is 0. The Morgan fingerprint density at radius 1 is 1.20 bits per heavy atom. The van der Waals surface area contributed by atoms with E-state index in [9.17, 15) is 9.59 Å². The molecule has 0 unspecified atom stereocenters. The number of halogens is 1. The summed E-state index contributed by atoms with van der Waals surface area (Å²) in [6, 6.07) is 8.11. The number of hydroxylamine groups is 1. The van der Waals surface area contributed by atoms with Gasteiger partial charge >= 0.3 is 12.1 Å². The van der Waals surface area contributed by atoms with Crippen LogP contribution in [0.3, 0.4) is 0 Å². The number of aromatic nitrogens is 4. The lowest BCUT2D eigenvalue weighted by atomic mass is 9.99. The first-order chi connectivity index (χ1) is 19.5. The maximum atomic E-state index is 15.1. The van der Waals surface area contributed by atoms with Crippen LogP contribution in [0.2, 0.25) is 0 Å². The third kappa shape index (κ3) is 5.65. The number of hydrogen-bond acceptors (Lipinski definition) is 10. The fraction of sp³-hybridized carbons (Fsp3) is 0.370. The summed E-state index contributed by atoms with van der Waals surface area (Å²) in [7, 11) is 0. The molecule has 5 heterocycles. The topological polar surface area (TPSA) is 133 Å². The van der Waals surface area contributed by atoms with Crippen molar-refractivity contribution in [3.05, 3.63) is 66.5 Å². The van der Waals surface area contributed by atoms with Crippen molar-refractivity contribution in [2.24, 2.45) is 5.92 Å². The number of hydrogen-bond donors (Lipinski definition) is 2. The average Bonchev–Trinajstić information content (AvgIpc) is 3.74. The molecule has 13 heteroatoms. The van der Waals surface area contributed by atoms with Crippen LogP contribution in [0.1, 0.15) is 18.5 Å². The van der Waals surface area contributed by atoms with Crippen molar-refractivity contribution in [1.29, 1.82) is 0 Å². The van der Waals surface area contributed by atoms with Crippen LogP contribution in [0.5, 0.6) is 0 Å². The minimum Gasteiger partial charge on any atom is -0.462 e. The summed E-state index contributed by atoms with van der Waals surface area (Å²) in [6.45, 7) is 2.39. The Bertz CT molecular complexity index is 1390. The summed E-state index contributed by atoms with van der Waals surface area (Å²) in [5, 5.41) is 10.9. The first-order valence-electron chi connectivity index (χ1n) is 13.1. The van der Waals surface area contributed by atoms with E-state index in [1.807, 2.05) is 0 Å². The number of cyclic esters (lactones) is 1. The van der Waals surface area contributed by atoms with Crippen molar-refractivity contribution < 1.29 is 28.3 Å². The summed E-state index contributed by atoms with van der Waals surface area (Å²) in [5.41, 5.74) is 5.39. The molecule has 0 radical (unpaired) electrons. The van der Waals surface area contributed by atoms with E-state index in [1.165, 1.54) is 11.0 Å². The van der Waals surface area contributed by atoms with Gasteiger partial charge in [0, 0.05) is 23.5 Å². The van der Waals surface area contributed by atoms with Gasteiger partial charge in [0.1, 0.15) is 24.6 Å². The predicted molar refractivity (Wildman–Crippen MR) is 140 cm³/mol. The Morgan fingerprint density at radius 3 is 2.83 bits per heavy atom. The van der Waals surface area contributed by atoms with Crippen molar-refractivity contribution in [2.45, 2.75) is 31.6 Å². The lowest BCUT2D eigenvalue weighted by molar-refractivity contribution is -0.153. The molecule has 0 aliphatic carbocycles. The van der Waals surface area contributed by atoms with Gasteiger partial charge in [0.25, 0.3) is 0 Å². The number of piperidine rings is 1. The van der Waals surface area contributed by atoms with Crippen molar-refractivity contribution in [2.75, 3.05) is 31.1 Å². The molecule has 3 aliphatic heterocycles. The number of ether oxygens (including phenoxy) is 2. The quantitative estimate of drug-likeness (QED) is 0.403. The predicted octanol–water partition coefficient (Wildman–Crippen LogP) is 2.29. The second-order valence-electron chi connectivity index (χ2n) is 9.83. The monoisotopic (exact) mass is 549 g/mol. The van der Waals surface area contributed by atoms with Crippen molar-refractivity contribution in [1.82, 2.24) is 30.8 Å². The van der Waals surface area contributed by atoms with Gasteiger partial charge in [-0.25, -0.2) is 13.9 Å². The minimum absolute atomic E-state index is 0.0748. The van der Waals surface area contributed by atoms with Crippen LogP contribution < -0.4 is 15.7 Å². The van der Waals surface area contributed by atoms with Crippen LogP contribution in [0.15, 0.2) is 55.0 Å². The SMILES string of the molecule is O=C(OC[C@@H]1C=C(c2ccc(-c3ccc(N4C[C@H](Cn5ccnn5)OC4=O)cc3F)cn2)NO1)C1CCNCC1. The summed E-state index contributed by atoms with van der Waals surface area (Å²) in [5.74, 6) is -0.762. The Kier molecular flexibility index (Phi) is 7.38. The van der Waals surface area contributed by atoms with Crippen LogP contribution in [0, 0.1) is 11.7 Å². The second kappa shape index (κ2) is 11.4. The highest BCUT2D eigenvalue weighted by Crippen LogP contribution is 2.30. The lowest BCUT2D eigenvalue weighted by Crippen LogP contribution is -2.33. The number of rotatable bonds is 8. The van der Waals surface area contributed by atoms with Gasteiger partial charge in [-0.15, -0.1) is 5.10 Å². The van der Waals surface area contributed by atoms with Crippen molar-refractivity contribution >= 4 is 23.4 Å². The molecule has 0 bridgehead atoms. The van der Waals surface area contributed by atoms with E-state index in [4.69, 9.17) is 14.3 Å². The molecule has 3 aromatic rings. The molecule has 3 aliphatic rings. The van der Waals surface area contributed by atoms with Gasteiger partial charge in [-0.2, -0.15) is 0 Å². The van der Waals surface area contributed by atoms with Gasteiger partial charge in [-0.05, 0) is 56.3 Å². The average molecular weight is 550 g/mol. The van der Waals surface area contributed by atoms with Crippen molar-refractivity contribution in [3.8, 4) is 11.1 Å². The van der Waals surface area contributed by atoms with Gasteiger partial charge in [-0.1, -0.05) is 11.3 Å². The number of carbonyl (C=O) groups is 2. The number of pyridine rings is 1. The maximum absolute atomic E-state index is 15.1. The fourth-order valence-electron chi connectivity index (χ4n) is 4.94. The lowest BCUT2D eigenvalue weighted by Gasteiger charge is -2.21. The number of nitrogens with zero attached hydrogens (tertiary/aromatic N) is 5. The summed E-state index contributed by atoms with van der Waals surface area (Å²) in [6.07, 6.45) is 6.77. The summed E-state index contributed by atoms with van der Waals surface area (Å²) < 4.78 is 27.6. The third-order valence-corrected chi connectivity index (χ3v) is 7.09. The molecule has 1 aromatic carbocycles. The number of nitrogens with one attached hydrogen (secondary N) is 2. The first-order valence-corrected chi connectivity index (χ1v) is 13.1. The van der Waals surface area contributed by atoms with Crippen molar-refractivity contribution in [3.63, 3.8) is 0 Å². The first kappa shape index (κ1) is 25.9. The number of carbonyl (C=O) groups excluding carboxylic acids is 2. The Hall–Kier alpha value is -4.36. The van der Waals surface area contributed by atoms with Crippen LogP contribution in [0.4, 0.5) is 14.9 Å². The third-order valence-electron chi connectivity index (χ3n) is 7.09. The second-order valence-corrected chi connectivity index (χ2v) is 9.83. The number of benzene rings is 1. The molecular formula is C27H28FN7O5. The zero-order chi connectivity index (χ0) is 27.5.